The zero-order chi connectivity index (χ0) is 56.9. The molecule has 3 aromatic heterocycles. The van der Waals surface area contributed by atoms with Crippen LogP contribution in [0.2, 0.25) is 0 Å². The summed E-state index contributed by atoms with van der Waals surface area (Å²) in [6.45, 7) is 21.2. The van der Waals surface area contributed by atoms with Crippen LogP contribution >= 0.6 is 0 Å². The molecule has 1 aliphatic heterocycles. The van der Waals surface area contributed by atoms with E-state index >= 15 is 0 Å². The van der Waals surface area contributed by atoms with Crippen molar-refractivity contribution >= 4 is 76.5 Å². The van der Waals surface area contributed by atoms with Crippen molar-refractivity contribution in [2.24, 2.45) is 0 Å². The monoisotopic (exact) mass is 1080 g/mol. The van der Waals surface area contributed by atoms with Crippen molar-refractivity contribution in [2.45, 2.75) is 85.2 Å². The van der Waals surface area contributed by atoms with Gasteiger partial charge in [0.2, 0.25) is 0 Å². The van der Waals surface area contributed by atoms with Gasteiger partial charge in [-0.15, -0.1) is 0 Å². The number of anilines is 2. The second kappa shape index (κ2) is 19.6. The first-order valence-corrected chi connectivity index (χ1v) is 29.2. The predicted molar refractivity (Wildman–Crippen MR) is 352 cm³/mol. The maximum atomic E-state index is 7.05. The zero-order valence-corrected chi connectivity index (χ0v) is 48.9. The number of hydrogen-bond donors (Lipinski definition) is 0. The fourth-order valence-electron chi connectivity index (χ4n) is 12.8. The van der Waals surface area contributed by atoms with Gasteiger partial charge in [0.15, 0.2) is 0 Å². The third-order valence-electron chi connectivity index (χ3n) is 17.1. The maximum absolute atomic E-state index is 7.05. The van der Waals surface area contributed by atoms with E-state index in [1.54, 1.807) is 0 Å². The fourth-order valence-corrected chi connectivity index (χ4v) is 12.8. The van der Waals surface area contributed by atoms with E-state index in [9.17, 15) is 0 Å². The highest BCUT2D eigenvalue weighted by atomic mass is 16.5. The number of nitrogens with zero attached hydrogens (tertiary/aromatic N) is 4. The molecule has 0 radical (unpaired) electrons. The number of fused-ring (bicyclic) bond motifs is 10. The smallest absolute Gasteiger partial charge is 0.137 e. The van der Waals surface area contributed by atoms with Crippen molar-refractivity contribution in [1.82, 2.24) is 14.1 Å². The summed E-state index contributed by atoms with van der Waals surface area (Å²) in [6.07, 6.45) is 1.94. The van der Waals surface area contributed by atoms with E-state index in [4.69, 9.17) is 9.72 Å². The van der Waals surface area contributed by atoms with E-state index in [1.165, 1.54) is 98.8 Å². The van der Waals surface area contributed by atoms with Gasteiger partial charge in [0.25, 0.3) is 0 Å². The van der Waals surface area contributed by atoms with Gasteiger partial charge in [0.1, 0.15) is 24.0 Å². The average molecular weight is 1080 g/mol. The molecule has 0 saturated heterocycles. The molecule has 406 valence electrons. The van der Waals surface area contributed by atoms with Gasteiger partial charge in [-0.05, 0) is 137 Å². The Balaban J connectivity index is 0.951. The molecule has 4 heterocycles. The minimum atomic E-state index is -0.103. The highest BCUT2D eigenvalue weighted by Gasteiger charge is 2.27. The number of benzene rings is 10. The summed E-state index contributed by atoms with van der Waals surface area (Å²) < 4.78 is 12.0. The van der Waals surface area contributed by atoms with Gasteiger partial charge in [-0.2, -0.15) is 0 Å². The van der Waals surface area contributed by atoms with Crippen LogP contribution in [-0.2, 0) is 22.9 Å². The Morgan fingerprint density at radius 1 is 0.373 bits per heavy atom. The van der Waals surface area contributed by atoms with Crippen LogP contribution in [0, 0.1) is 0 Å². The third kappa shape index (κ3) is 9.07. The molecule has 0 N–H and O–H groups in total. The molecule has 0 aliphatic carbocycles. The first-order valence-electron chi connectivity index (χ1n) is 29.2. The van der Waals surface area contributed by atoms with Crippen LogP contribution in [-0.4, -0.2) is 14.1 Å². The van der Waals surface area contributed by atoms with Crippen LogP contribution in [0.3, 0.4) is 0 Å². The standard InChI is InChI=1S/C78H68N4O/c1-76(2,3)54-37-35-50(36-38-54)52-43-53(45-56(44-52)78(7,8)9)61-30-18-31-66-64-27-15-13-25-62(64)63-26-14-16-28-65(63)67-32-20-34-70-75(67)81(74(61)66)49-80(70)57-23-17-24-58(47-57)83-59-39-40-68-71(48-59)82(72-46-55(41-42-79-72)77(4,5)6)69-33-19-29-60(73(68)69)51-21-11-10-12-22-51/h10-48H,49H2,1-9H3. The molecule has 0 fully saturated rings. The molecule has 10 aromatic carbocycles. The molecule has 0 bridgehead atoms. The van der Waals surface area contributed by atoms with Crippen molar-refractivity contribution < 1.29 is 4.74 Å². The number of aromatic nitrogens is 3. The lowest BCUT2D eigenvalue weighted by atomic mass is 9.82. The van der Waals surface area contributed by atoms with Crippen LogP contribution in [0.15, 0.2) is 237 Å². The van der Waals surface area contributed by atoms with Crippen LogP contribution in [0.4, 0.5) is 11.4 Å². The lowest BCUT2D eigenvalue weighted by molar-refractivity contribution is 0.483. The Morgan fingerprint density at radius 3 is 1.66 bits per heavy atom. The Labute approximate surface area is 487 Å². The van der Waals surface area contributed by atoms with E-state index in [1.807, 2.05) is 6.20 Å². The summed E-state index contributed by atoms with van der Waals surface area (Å²) in [4.78, 5) is 7.51. The molecule has 0 unspecified atom stereocenters. The molecular formula is C78H68N4O. The Hall–Kier alpha value is -9.45. The summed E-state index contributed by atoms with van der Waals surface area (Å²) in [5.74, 6) is 2.37. The lowest BCUT2D eigenvalue weighted by Crippen LogP contribution is -2.15. The normalized spacial score (nSPS) is 12.8. The van der Waals surface area contributed by atoms with Gasteiger partial charge < -0.3 is 14.2 Å². The summed E-state index contributed by atoms with van der Waals surface area (Å²) >= 11 is 0. The predicted octanol–water partition coefficient (Wildman–Crippen LogP) is 21.5. The van der Waals surface area contributed by atoms with Crippen molar-refractivity contribution in [2.75, 3.05) is 4.90 Å². The zero-order valence-electron chi connectivity index (χ0n) is 48.9. The first kappa shape index (κ1) is 51.7. The van der Waals surface area contributed by atoms with E-state index < -0.39 is 0 Å². The highest BCUT2D eigenvalue weighted by Crippen LogP contribution is 2.47. The second-order valence-electron chi connectivity index (χ2n) is 25.7. The van der Waals surface area contributed by atoms with Gasteiger partial charge in [-0.1, -0.05) is 226 Å². The molecule has 83 heavy (non-hydrogen) atoms. The van der Waals surface area contributed by atoms with Crippen molar-refractivity contribution in [3.05, 3.63) is 253 Å². The lowest BCUT2D eigenvalue weighted by Gasteiger charge is -2.23. The van der Waals surface area contributed by atoms with E-state index in [-0.39, 0.29) is 16.2 Å². The van der Waals surface area contributed by atoms with Crippen molar-refractivity contribution in [3.63, 3.8) is 0 Å². The molecule has 14 rings (SSSR count). The molecule has 5 nitrogen and oxygen atoms in total. The molecule has 5 heteroatoms. The molecule has 0 atom stereocenters. The Bertz CT molecular complexity index is 4790. The minimum Gasteiger partial charge on any atom is -0.457 e. The topological polar surface area (TPSA) is 35.2 Å². The highest BCUT2D eigenvalue weighted by molar-refractivity contribution is 6.22. The van der Waals surface area contributed by atoms with Gasteiger partial charge in [-0.25, -0.2) is 4.98 Å². The van der Waals surface area contributed by atoms with Gasteiger partial charge in [0.05, 0.1) is 27.8 Å². The van der Waals surface area contributed by atoms with Crippen LogP contribution in [0.25, 0.3) is 104 Å². The Morgan fingerprint density at radius 2 is 0.964 bits per heavy atom. The molecule has 13 aromatic rings. The minimum absolute atomic E-state index is 0.0572. The van der Waals surface area contributed by atoms with E-state index in [0.717, 1.165) is 45.1 Å². The van der Waals surface area contributed by atoms with Crippen LogP contribution in [0.1, 0.15) is 79.0 Å². The molecule has 0 saturated carbocycles. The van der Waals surface area contributed by atoms with Crippen LogP contribution < -0.4 is 9.64 Å². The first-order chi connectivity index (χ1) is 40.0. The summed E-state index contributed by atoms with van der Waals surface area (Å²) in [7, 11) is 0. The maximum Gasteiger partial charge on any atom is 0.137 e. The molecule has 1 aliphatic rings. The van der Waals surface area contributed by atoms with Gasteiger partial charge >= 0.3 is 0 Å². The number of pyridine rings is 1. The number of rotatable bonds is 7. The molecule has 0 amide bonds. The largest absolute Gasteiger partial charge is 0.457 e. The second-order valence-corrected chi connectivity index (χ2v) is 25.7. The number of hydrogen-bond acceptors (Lipinski definition) is 3. The summed E-state index contributed by atoms with van der Waals surface area (Å²) in [6, 6.07) is 85.0. The van der Waals surface area contributed by atoms with E-state index in [2.05, 4.69) is 307 Å². The fraction of sp³-hybridized carbons (Fsp3) is 0.167. The molecular weight excluding hydrogens is 1010 g/mol. The van der Waals surface area contributed by atoms with Crippen molar-refractivity contribution in [1.29, 1.82) is 0 Å². The summed E-state index contributed by atoms with van der Waals surface area (Å²) in [5.41, 5.74) is 17.6. The van der Waals surface area contributed by atoms with Gasteiger partial charge in [-0.3, -0.25) is 4.57 Å². The Kier molecular flexibility index (Phi) is 12.2. The average Bonchev–Trinajstić information content (AvgIpc) is 2.05. The van der Waals surface area contributed by atoms with E-state index in [0.29, 0.717) is 6.67 Å². The van der Waals surface area contributed by atoms with Gasteiger partial charge in [0, 0.05) is 51.1 Å². The SMILES string of the molecule is CC(C)(C)c1ccc(-c2cc(-c3cccc4c5ccccc5c5ccccc5c5cccc6c5n(c34)CN6c3cccc(Oc4ccc5c6c(-c7ccccc7)cccc6n(-c6cc(C(C)(C)C)ccn6)c5c4)c3)cc(C(C)(C)C)c2)cc1. The van der Waals surface area contributed by atoms with Crippen LogP contribution in [0.5, 0.6) is 11.5 Å². The number of para-hydroxylation sites is 2. The quantitative estimate of drug-likeness (QED) is 0.160. The third-order valence-corrected chi connectivity index (χ3v) is 17.1. The summed E-state index contributed by atoms with van der Waals surface area (Å²) in [5, 5.41) is 9.54. The number of ether oxygens (including phenoxy) is 1. The van der Waals surface area contributed by atoms with Crippen molar-refractivity contribution in [3.8, 4) is 50.7 Å². The molecule has 0 spiro atoms.